The molecule has 0 aromatic heterocycles. The quantitative estimate of drug-likeness (QED) is 0.622. The van der Waals surface area contributed by atoms with Gasteiger partial charge >= 0.3 is 11.9 Å². The van der Waals surface area contributed by atoms with E-state index in [1.165, 1.54) is 0 Å². The summed E-state index contributed by atoms with van der Waals surface area (Å²) in [5.41, 5.74) is -1.14. The van der Waals surface area contributed by atoms with Crippen LogP contribution in [0.4, 0.5) is 0 Å². The molecule has 0 fully saturated rings. The molecule has 5 unspecified atom stereocenters. The molecule has 150 valence electrons. The van der Waals surface area contributed by atoms with Crippen molar-refractivity contribution in [2.75, 3.05) is 13.2 Å². The van der Waals surface area contributed by atoms with Crippen LogP contribution in [0, 0.1) is 5.92 Å². The van der Waals surface area contributed by atoms with Crippen LogP contribution >= 0.6 is 0 Å². The van der Waals surface area contributed by atoms with Crippen LogP contribution in [0.5, 0.6) is 0 Å². The second-order valence-electron chi connectivity index (χ2n) is 7.46. The van der Waals surface area contributed by atoms with E-state index in [0.29, 0.717) is 5.56 Å². The molecule has 0 saturated carbocycles. The van der Waals surface area contributed by atoms with Crippen LogP contribution in [0.3, 0.4) is 0 Å². The zero-order valence-corrected chi connectivity index (χ0v) is 16.8. The van der Waals surface area contributed by atoms with Gasteiger partial charge in [-0.3, -0.25) is 9.79 Å². The summed E-state index contributed by atoms with van der Waals surface area (Å²) < 4.78 is 10.5. The van der Waals surface area contributed by atoms with Crippen molar-refractivity contribution in [1.82, 2.24) is 0 Å². The summed E-state index contributed by atoms with van der Waals surface area (Å²) in [5, 5.41) is 11.6. The van der Waals surface area contributed by atoms with Crippen LogP contribution < -0.4 is 0 Å². The molecule has 1 aromatic rings. The van der Waals surface area contributed by atoms with Gasteiger partial charge in [0.25, 0.3) is 0 Å². The molecule has 1 aromatic carbocycles. The Morgan fingerprint density at radius 3 is 2.39 bits per heavy atom. The molecular formula is C22H27NO5. The van der Waals surface area contributed by atoms with E-state index in [9.17, 15) is 14.7 Å². The number of benzene rings is 1. The number of aliphatic imine (C=N–C) groups is 1. The molecule has 1 heterocycles. The number of hydrogen-bond acceptors (Lipinski definition) is 6. The predicted octanol–water partition coefficient (Wildman–Crippen LogP) is 2.76. The number of carbonyl (C=O) groups excluding carboxylic acids is 2. The molecule has 3 rings (SSSR count). The average Bonchev–Trinajstić information content (AvgIpc) is 2.65. The third kappa shape index (κ3) is 2.62. The summed E-state index contributed by atoms with van der Waals surface area (Å²) >= 11 is 0. The highest BCUT2D eigenvalue weighted by atomic mass is 16.6. The molecule has 0 amide bonds. The average molecular weight is 385 g/mol. The van der Waals surface area contributed by atoms with Crippen molar-refractivity contribution in [3.05, 3.63) is 48.0 Å². The van der Waals surface area contributed by atoms with E-state index in [1.54, 1.807) is 26.8 Å². The van der Waals surface area contributed by atoms with Gasteiger partial charge < -0.3 is 14.6 Å². The molecule has 0 saturated heterocycles. The number of nitrogens with zero attached hydrogens (tertiary/aromatic N) is 1. The van der Waals surface area contributed by atoms with Crippen molar-refractivity contribution in [2.45, 2.75) is 50.7 Å². The first-order valence-corrected chi connectivity index (χ1v) is 9.61. The van der Waals surface area contributed by atoms with E-state index >= 15 is 0 Å². The fourth-order valence-electron chi connectivity index (χ4n) is 4.87. The van der Waals surface area contributed by atoms with Crippen molar-refractivity contribution in [1.29, 1.82) is 0 Å². The van der Waals surface area contributed by atoms with Gasteiger partial charge in [0.15, 0.2) is 0 Å². The molecule has 6 nitrogen and oxygen atoms in total. The Kier molecular flexibility index (Phi) is 5.19. The number of rotatable bonds is 5. The first kappa shape index (κ1) is 20.3. The van der Waals surface area contributed by atoms with Crippen LogP contribution in [0.15, 0.2) is 41.9 Å². The minimum absolute atomic E-state index is 0.111. The SMILES string of the molecule is C=CC1c2ccccc2C2C(C(=O)OCC)C1(C)N=C(C)C2(O)C(=O)OCC. The zero-order chi connectivity index (χ0) is 20.7. The smallest absolute Gasteiger partial charge is 0.344 e. The van der Waals surface area contributed by atoms with Gasteiger partial charge in [0.2, 0.25) is 5.60 Å². The minimum Gasteiger partial charge on any atom is -0.466 e. The lowest BCUT2D eigenvalue weighted by atomic mass is 9.53. The topological polar surface area (TPSA) is 85.2 Å². The van der Waals surface area contributed by atoms with Crippen molar-refractivity contribution >= 4 is 17.7 Å². The molecule has 28 heavy (non-hydrogen) atoms. The van der Waals surface area contributed by atoms with Gasteiger partial charge in [0, 0.05) is 11.8 Å². The largest absolute Gasteiger partial charge is 0.466 e. The maximum absolute atomic E-state index is 13.1. The molecule has 6 heteroatoms. The molecule has 5 atom stereocenters. The summed E-state index contributed by atoms with van der Waals surface area (Å²) in [6.07, 6.45) is 1.77. The lowest BCUT2D eigenvalue weighted by molar-refractivity contribution is -0.168. The normalized spacial score (nSPS) is 33.3. The maximum atomic E-state index is 13.1. The van der Waals surface area contributed by atoms with Gasteiger partial charge in [-0.1, -0.05) is 30.3 Å². The number of esters is 2. The number of hydrogen-bond donors (Lipinski definition) is 1. The standard InChI is InChI=1S/C22H27NO5/c1-6-16-14-11-9-10-12-15(14)17-18(19(24)27-7-2)21(16,5)23-13(4)22(17,26)20(25)28-8-3/h6,9-12,16-18,26H,1,7-8H2,2-5H3. The van der Waals surface area contributed by atoms with E-state index < -0.39 is 34.9 Å². The fraction of sp³-hybridized carbons (Fsp3) is 0.500. The highest BCUT2D eigenvalue weighted by molar-refractivity contribution is 6.12. The Labute approximate surface area is 165 Å². The molecule has 0 radical (unpaired) electrons. The lowest BCUT2D eigenvalue weighted by Crippen LogP contribution is -2.65. The third-order valence-electron chi connectivity index (χ3n) is 6.03. The van der Waals surface area contributed by atoms with Gasteiger partial charge in [-0.25, -0.2) is 4.79 Å². The van der Waals surface area contributed by atoms with E-state index in [1.807, 2.05) is 31.2 Å². The minimum atomic E-state index is -2.05. The van der Waals surface area contributed by atoms with E-state index in [2.05, 4.69) is 6.58 Å². The number of carbonyl (C=O) groups is 2. The van der Waals surface area contributed by atoms with Crippen molar-refractivity contribution in [3.63, 3.8) is 0 Å². The highest BCUT2D eigenvalue weighted by Gasteiger charge is 2.66. The molecule has 0 spiro atoms. The maximum Gasteiger partial charge on any atom is 0.344 e. The Morgan fingerprint density at radius 1 is 1.21 bits per heavy atom. The van der Waals surface area contributed by atoms with E-state index in [0.717, 1.165) is 5.56 Å². The number of ether oxygens (including phenoxy) is 2. The molecule has 2 bridgehead atoms. The van der Waals surface area contributed by atoms with Crippen LogP contribution in [-0.2, 0) is 19.1 Å². The van der Waals surface area contributed by atoms with Crippen molar-refractivity contribution < 1.29 is 24.2 Å². The van der Waals surface area contributed by atoms with Gasteiger partial charge in [-0.05, 0) is 38.8 Å². The van der Waals surface area contributed by atoms with Crippen LogP contribution in [0.2, 0.25) is 0 Å². The van der Waals surface area contributed by atoms with Gasteiger partial charge in [-0.2, -0.15) is 0 Å². The molecule has 2 aliphatic rings. The Hall–Kier alpha value is -2.47. The van der Waals surface area contributed by atoms with E-state index in [4.69, 9.17) is 14.5 Å². The summed E-state index contributed by atoms with van der Waals surface area (Å²) in [7, 11) is 0. The Bertz CT molecular complexity index is 847. The summed E-state index contributed by atoms with van der Waals surface area (Å²) in [5.74, 6) is -3.28. The monoisotopic (exact) mass is 385 g/mol. The van der Waals surface area contributed by atoms with Gasteiger partial charge in [0.05, 0.1) is 30.4 Å². The van der Waals surface area contributed by atoms with Crippen LogP contribution in [-0.4, -0.2) is 47.1 Å². The number of fused-ring (bicyclic) bond motifs is 4. The Balaban J connectivity index is 2.35. The fourth-order valence-corrected chi connectivity index (χ4v) is 4.87. The molecular weight excluding hydrogens is 358 g/mol. The Morgan fingerprint density at radius 2 is 1.82 bits per heavy atom. The third-order valence-corrected chi connectivity index (χ3v) is 6.03. The van der Waals surface area contributed by atoms with E-state index in [-0.39, 0.29) is 24.8 Å². The highest BCUT2D eigenvalue weighted by Crippen LogP contribution is 2.58. The summed E-state index contributed by atoms with van der Waals surface area (Å²) in [6, 6.07) is 7.48. The first-order valence-electron chi connectivity index (χ1n) is 9.61. The first-order chi connectivity index (χ1) is 13.3. The van der Waals surface area contributed by atoms with Gasteiger partial charge in [-0.15, -0.1) is 6.58 Å². The van der Waals surface area contributed by atoms with Crippen LogP contribution in [0.25, 0.3) is 0 Å². The van der Waals surface area contributed by atoms with Crippen molar-refractivity contribution in [2.24, 2.45) is 10.9 Å². The molecule has 1 N–H and O–H groups in total. The predicted molar refractivity (Wildman–Crippen MR) is 105 cm³/mol. The zero-order valence-electron chi connectivity index (χ0n) is 16.8. The number of aliphatic hydroxyl groups is 1. The lowest BCUT2D eigenvalue weighted by Gasteiger charge is -2.54. The molecule has 1 aliphatic heterocycles. The summed E-state index contributed by atoms with van der Waals surface area (Å²) in [4.78, 5) is 30.7. The molecule has 1 aliphatic carbocycles. The summed E-state index contributed by atoms with van der Waals surface area (Å²) in [6.45, 7) is 11.1. The van der Waals surface area contributed by atoms with Gasteiger partial charge in [0.1, 0.15) is 0 Å². The van der Waals surface area contributed by atoms with Crippen molar-refractivity contribution in [3.8, 4) is 0 Å². The second-order valence-corrected chi connectivity index (χ2v) is 7.46. The van der Waals surface area contributed by atoms with Crippen LogP contribution in [0.1, 0.15) is 50.7 Å². The second kappa shape index (κ2) is 7.17.